The van der Waals surface area contributed by atoms with Crippen molar-refractivity contribution in [2.24, 2.45) is 0 Å². The minimum atomic E-state index is -5.20. The van der Waals surface area contributed by atoms with E-state index in [0.29, 0.717) is 0 Å². The van der Waals surface area contributed by atoms with Crippen molar-refractivity contribution in [3.63, 3.8) is 0 Å². The third kappa shape index (κ3) is 6.60. The van der Waals surface area contributed by atoms with Gasteiger partial charge in [-0.05, 0) is 15.9 Å². The number of rotatable bonds is 5. The van der Waals surface area contributed by atoms with Crippen LogP contribution in [-0.2, 0) is 38.1 Å². The Morgan fingerprint density at radius 1 is 1.04 bits per heavy atom. The normalized spacial score (nSPS) is 30.1. The average molecular weight is 480 g/mol. The quantitative estimate of drug-likeness (QED) is 0.314. The third-order valence-electron chi connectivity index (χ3n) is 3.27. The summed E-state index contributed by atoms with van der Waals surface area (Å²) in [6.45, 7) is 1.98. The Morgan fingerprint density at radius 3 is 1.93 bits per heavy atom. The number of aliphatic hydroxyl groups is 1. The van der Waals surface area contributed by atoms with E-state index in [9.17, 15) is 37.5 Å². The molecule has 0 saturated carbocycles. The molecule has 1 aliphatic heterocycles. The van der Waals surface area contributed by atoms with E-state index in [0.717, 1.165) is 20.8 Å². The summed E-state index contributed by atoms with van der Waals surface area (Å²) in [6, 6.07) is 0. The summed E-state index contributed by atoms with van der Waals surface area (Å²) in [6.07, 6.45) is -11.9. The minimum absolute atomic E-state index is 0.894. The number of ether oxygens (including phenoxy) is 4. The Kier molecular flexibility index (Phi) is 7.79. The Balaban J connectivity index is 3.23. The molecule has 0 spiro atoms. The summed E-state index contributed by atoms with van der Waals surface area (Å²) in [7, 11) is 0. The van der Waals surface area contributed by atoms with Crippen LogP contribution in [0.4, 0.5) is 13.2 Å². The van der Waals surface area contributed by atoms with Crippen molar-refractivity contribution in [3.8, 4) is 0 Å². The number of carbonyl (C=O) groups is 4. The van der Waals surface area contributed by atoms with Gasteiger partial charge in [0.2, 0.25) is 6.10 Å². The number of hydrogen-bond acceptors (Lipinski definition) is 9. The fraction of sp³-hybridized carbons (Fsp3) is 0.714. The van der Waals surface area contributed by atoms with E-state index in [1.165, 1.54) is 5.32 Å². The highest BCUT2D eigenvalue weighted by molar-refractivity contribution is 9.10. The van der Waals surface area contributed by atoms with Gasteiger partial charge in [0.25, 0.3) is 4.70 Å². The number of hydrogen-bond donors (Lipinski definition) is 2. The molecule has 1 heterocycles. The second-order valence-corrected chi connectivity index (χ2v) is 6.79. The van der Waals surface area contributed by atoms with Crippen molar-refractivity contribution in [2.45, 2.75) is 56.1 Å². The fourth-order valence-electron chi connectivity index (χ4n) is 2.36. The van der Waals surface area contributed by atoms with Crippen molar-refractivity contribution in [3.05, 3.63) is 0 Å². The Morgan fingerprint density at radius 2 is 1.50 bits per heavy atom. The summed E-state index contributed by atoms with van der Waals surface area (Å²) in [5.74, 6) is -5.14. The van der Waals surface area contributed by atoms with E-state index in [1.54, 1.807) is 0 Å². The van der Waals surface area contributed by atoms with Crippen LogP contribution in [0.2, 0.25) is 0 Å². The molecule has 0 radical (unpaired) electrons. The second-order valence-electron chi connectivity index (χ2n) is 5.65. The molecule has 0 bridgehead atoms. The highest BCUT2D eigenvalue weighted by Gasteiger charge is 2.58. The molecule has 28 heavy (non-hydrogen) atoms. The standard InChI is InChI=1S/C14H17BrF3NO9/c1-5(20)25-9-8(4-19-12(23)14(16,17)18)28-13(15,24)11(27-7(3)22)10(9)26-6(2)21/h8-11,24H,4H2,1-3H3,(H,19,23)/t8-,9-,10+,11-,13-/m1/s1. The summed E-state index contributed by atoms with van der Waals surface area (Å²) in [5, 5.41) is 11.9. The lowest BCUT2D eigenvalue weighted by atomic mass is 9.97. The number of carbonyl (C=O) groups excluding carboxylic acids is 4. The van der Waals surface area contributed by atoms with Crippen LogP contribution in [0, 0.1) is 0 Å². The van der Waals surface area contributed by atoms with Crippen molar-refractivity contribution in [2.75, 3.05) is 6.54 Å². The highest BCUT2D eigenvalue weighted by atomic mass is 79.9. The van der Waals surface area contributed by atoms with Gasteiger partial charge < -0.3 is 29.4 Å². The third-order valence-corrected chi connectivity index (χ3v) is 3.91. The first kappa shape index (κ1) is 24.1. The van der Waals surface area contributed by atoms with Gasteiger partial charge in [0, 0.05) is 27.3 Å². The van der Waals surface area contributed by atoms with E-state index < -0.39 is 65.6 Å². The van der Waals surface area contributed by atoms with E-state index in [2.05, 4.69) is 15.9 Å². The fourth-order valence-corrected chi connectivity index (χ4v) is 2.95. The highest BCUT2D eigenvalue weighted by Crippen LogP contribution is 2.37. The van der Waals surface area contributed by atoms with Crippen LogP contribution in [0.1, 0.15) is 20.8 Å². The van der Waals surface area contributed by atoms with Gasteiger partial charge in [0.05, 0.1) is 0 Å². The van der Waals surface area contributed by atoms with Gasteiger partial charge in [0.15, 0.2) is 12.2 Å². The molecule has 1 amide bonds. The molecule has 14 heteroatoms. The first-order chi connectivity index (χ1) is 12.6. The molecule has 1 aliphatic rings. The monoisotopic (exact) mass is 479 g/mol. The molecule has 10 nitrogen and oxygen atoms in total. The smallest absolute Gasteiger partial charge is 0.456 e. The number of alkyl halides is 4. The molecule has 2 N–H and O–H groups in total. The second kappa shape index (κ2) is 9.05. The zero-order chi connectivity index (χ0) is 21.9. The lowest BCUT2D eigenvalue weighted by Gasteiger charge is -2.46. The van der Waals surface area contributed by atoms with E-state index in [1.807, 2.05) is 0 Å². The zero-order valence-corrected chi connectivity index (χ0v) is 16.3. The first-order valence-electron chi connectivity index (χ1n) is 7.61. The van der Waals surface area contributed by atoms with Gasteiger partial charge in [0.1, 0.15) is 6.10 Å². The topological polar surface area (TPSA) is 137 Å². The number of esters is 3. The first-order valence-corrected chi connectivity index (χ1v) is 8.40. The van der Waals surface area contributed by atoms with Gasteiger partial charge in [-0.25, -0.2) is 0 Å². The molecule has 1 fully saturated rings. The molecular weight excluding hydrogens is 463 g/mol. The molecule has 5 atom stereocenters. The molecule has 0 aromatic carbocycles. The molecule has 0 aliphatic carbocycles. The molecule has 160 valence electrons. The maximum absolute atomic E-state index is 12.4. The molecule has 0 unspecified atom stereocenters. The van der Waals surface area contributed by atoms with Crippen LogP contribution in [-0.4, -0.2) is 70.8 Å². The van der Waals surface area contributed by atoms with Gasteiger partial charge in [-0.1, -0.05) is 0 Å². The predicted octanol–water partition coefficient (Wildman–Crippen LogP) is -0.100. The van der Waals surface area contributed by atoms with Crippen LogP contribution in [0.5, 0.6) is 0 Å². The number of amides is 1. The van der Waals surface area contributed by atoms with E-state index in [-0.39, 0.29) is 0 Å². The predicted molar refractivity (Wildman–Crippen MR) is 84.5 cm³/mol. The zero-order valence-electron chi connectivity index (χ0n) is 14.7. The number of nitrogens with one attached hydrogen (secondary N) is 1. The molecule has 1 saturated heterocycles. The van der Waals surface area contributed by atoms with Crippen LogP contribution in [0.3, 0.4) is 0 Å². The van der Waals surface area contributed by atoms with Gasteiger partial charge in [-0.3, -0.25) is 19.2 Å². The van der Waals surface area contributed by atoms with E-state index >= 15 is 0 Å². The van der Waals surface area contributed by atoms with Crippen LogP contribution >= 0.6 is 15.9 Å². The largest absolute Gasteiger partial charge is 0.471 e. The Labute approximate surface area is 164 Å². The Hall–Kier alpha value is -1.93. The summed E-state index contributed by atoms with van der Waals surface area (Å²) in [5.41, 5.74) is 0. The maximum Gasteiger partial charge on any atom is 0.471 e. The SMILES string of the molecule is CC(=O)O[C@H]1[C@H](OC(C)=O)[C@@H](CNC(=O)C(F)(F)F)O[C@@](O)(Br)[C@@H]1OC(C)=O. The van der Waals surface area contributed by atoms with Gasteiger partial charge in [-0.2, -0.15) is 13.2 Å². The summed E-state index contributed by atoms with van der Waals surface area (Å²) in [4.78, 5) is 45.2. The van der Waals surface area contributed by atoms with Crippen molar-refractivity contribution >= 4 is 39.7 Å². The van der Waals surface area contributed by atoms with Crippen LogP contribution < -0.4 is 5.32 Å². The van der Waals surface area contributed by atoms with E-state index in [4.69, 9.17) is 18.9 Å². The summed E-state index contributed by atoms with van der Waals surface area (Å²) >= 11 is 2.69. The molecule has 1 rings (SSSR count). The van der Waals surface area contributed by atoms with Gasteiger partial charge >= 0.3 is 30.0 Å². The molecular formula is C14H17BrF3NO9. The van der Waals surface area contributed by atoms with Crippen LogP contribution in [0.25, 0.3) is 0 Å². The Bertz CT molecular complexity index is 640. The van der Waals surface area contributed by atoms with Gasteiger partial charge in [-0.15, -0.1) is 0 Å². The molecule has 0 aromatic rings. The number of halogens is 4. The van der Waals surface area contributed by atoms with Crippen LogP contribution in [0.15, 0.2) is 0 Å². The average Bonchev–Trinajstić information content (AvgIpc) is 2.49. The van der Waals surface area contributed by atoms with Crippen molar-refractivity contribution < 1.29 is 56.4 Å². The lowest BCUT2D eigenvalue weighted by Crippen LogP contribution is -2.66. The summed E-state index contributed by atoms with van der Waals surface area (Å²) < 4.78 is 54.5. The van der Waals surface area contributed by atoms with Crippen molar-refractivity contribution in [1.82, 2.24) is 5.32 Å². The molecule has 0 aromatic heterocycles. The van der Waals surface area contributed by atoms with Crippen molar-refractivity contribution in [1.29, 1.82) is 0 Å². The minimum Gasteiger partial charge on any atom is -0.456 e. The maximum atomic E-state index is 12.4. The lowest BCUT2D eigenvalue weighted by molar-refractivity contribution is -0.303.